The Morgan fingerprint density at radius 1 is 1.08 bits per heavy atom. The molecule has 5 nitrogen and oxygen atoms in total. The first-order chi connectivity index (χ1) is 12.4. The number of amides is 1. The molecule has 0 heterocycles. The molecule has 2 aromatic carbocycles. The lowest BCUT2D eigenvalue weighted by Crippen LogP contribution is -2.46. The number of hydrogen-bond acceptors (Lipinski definition) is 3. The van der Waals surface area contributed by atoms with Crippen LogP contribution in [0.2, 0.25) is 0 Å². The van der Waals surface area contributed by atoms with Crippen molar-refractivity contribution in [2.24, 2.45) is 0 Å². The molecule has 0 aliphatic carbocycles. The highest BCUT2D eigenvalue weighted by Crippen LogP contribution is 2.28. The van der Waals surface area contributed by atoms with Crippen LogP contribution in [0, 0.1) is 0 Å². The van der Waals surface area contributed by atoms with Crippen molar-refractivity contribution in [1.82, 2.24) is 5.32 Å². The molecule has 0 aromatic heterocycles. The summed E-state index contributed by atoms with van der Waals surface area (Å²) in [5.74, 6) is -0.827. The number of carboxylic acids is 1. The molecule has 0 radical (unpaired) electrons. The molecule has 5 heteroatoms. The van der Waals surface area contributed by atoms with Gasteiger partial charge in [0.2, 0.25) is 0 Å². The van der Waals surface area contributed by atoms with Crippen molar-refractivity contribution in [1.29, 1.82) is 0 Å². The van der Waals surface area contributed by atoms with Crippen LogP contribution < -0.4 is 10.1 Å². The van der Waals surface area contributed by atoms with E-state index in [0.717, 1.165) is 0 Å². The van der Waals surface area contributed by atoms with Crippen molar-refractivity contribution in [3.8, 4) is 5.75 Å². The third-order valence-corrected chi connectivity index (χ3v) is 4.38. The van der Waals surface area contributed by atoms with E-state index >= 15 is 0 Å². The predicted octanol–water partition coefficient (Wildman–Crippen LogP) is 3.64. The molecular weight excluding hydrogens is 330 g/mol. The SMILES string of the molecule is CCC(CNC(=O)c1ccccc1OC(C)C)(C(=O)O)c1ccccc1. The molecule has 1 atom stereocenters. The molecule has 0 saturated heterocycles. The van der Waals surface area contributed by atoms with Crippen molar-refractivity contribution in [3.05, 3.63) is 65.7 Å². The molecule has 2 aromatic rings. The molecule has 0 aliphatic heterocycles. The zero-order valence-corrected chi connectivity index (χ0v) is 15.4. The van der Waals surface area contributed by atoms with Gasteiger partial charge in [0.25, 0.3) is 5.91 Å². The summed E-state index contributed by atoms with van der Waals surface area (Å²) in [6.45, 7) is 5.58. The monoisotopic (exact) mass is 355 g/mol. The molecule has 2 N–H and O–H groups in total. The molecule has 0 saturated carbocycles. The van der Waals surface area contributed by atoms with E-state index in [4.69, 9.17) is 4.74 Å². The zero-order chi connectivity index (χ0) is 19.2. The van der Waals surface area contributed by atoms with Crippen molar-refractivity contribution >= 4 is 11.9 Å². The van der Waals surface area contributed by atoms with Crippen molar-refractivity contribution < 1.29 is 19.4 Å². The van der Waals surface area contributed by atoms with E-state index in [1.165, 1.54) is 0 Å². The number of carbonyl (C=O) groups is 2. The third-order valence-electron chi connectivity index (χ3n) is 4.38. The number of aliphatic carboxylic acids is 1. The van der Waals surface area contributed by atoms with Gasteiger partial charge in [-0.2, -0.15) is 0 Å². The molecule has 26 heavy (non-hydrogen) atoms. The Labute approximate surface area is 154 Å². The van der Waals surface area contributed by atoms with Crippen molar-refractivity contribution in [2.45, 2.75) is 38.7 Å². The van der Waals surface area contributed by atoms with Gasteiger partial charge in [0.15, 0.2) is 0 Å². The van der Waals surface area contributed by atoms with E-state index in [2.05, 4.69) is 5.32 Å². The molecular formula is C21H25NO4. The summed E-state index contributed by atoms with van der Waals surface area (Å²) >= 11 is 0. The van der Waals surface area contributed by atoms with Gasteiger partial charge < -0.3 is 15.2 Å². The van der Waals surface area contributed by atoms with Gasteiger partial charge in [-0.3, -0.25) is 9.59 Å². The molecule has 1 amide bonds. The van der Waals surface area contributed by atoms with Crippen LogP contribution in [-0.4, -0.2) is 29.6 Å². The molecule has 0 fully saturated rings. The Kier molecular flexibility index (Phi) is 6.39. The van der Waals surface area contributed by atoms with Gasteiger partial charge in [0.1, 0.15) is 11.2 Å². The van der Waals surface area contributed by atoms with Gasteiger partial charge >= 0.3 is 5.97 Å². The fraction of sp³-hybridized carbons (Fsp3) is 0.333. The van der Waals surface area contributed by atoms with E-state index in [0.29, 0.717) is 23.3 Å². The van der Waals surface area contributed by atoms with E-state index in [1.54, 1.807) is 48.5 Å². The first-order valence-electron chi connectivity index (χ1n) is 8.73. The van der Waals surface area contributed by atoms with Crippen LogP contribution in [0.15, 0.2) is 54.6 Å². The van der Waals surface area contributed by atoms with Crippen molar-refractivity contribution in [2.75, 3.05) is 6.54 Å². The number of benzene rings is 2. The predicted molar refractivity (Wildman–Crippen MR) is 101 cm³/mol. The maximum absolute atomic E-state index is 12.7. The number of para-hydroxylation sites is 1. The van der Waals surface area contributed by atoms with Crippen molar-refractivity contribution in [3.63, 3.8) is 0 Å². The van der Waals surface area contributed by atoms with Gasteiger partial charge in [-0.25, -0.2) is 0 Å². The first-order valence-corrected chi connectivity index (χ1v) is 8.73. The summed E-state index contributed by atoms with van der Waals surface area (Å²) in [5.41, 5.74) is -0.114. The number of nitrogens with one attached hydrogen (secondary N) is 1. The lowest BCUT2D eigenvalue weighted by atomic mass is 9.78. The Hall–Kier alpha value is -2.82. The van der Waals surface area contributed by atoms with Crippen LogP contribution in [0.3, 0.4) is 0 Å². The second-order valence-electron chi connectivity index (χ2n) is 6.45. The summed E-state index contributed by atoms with van der Waals surface area (Å²) in [6.07, 6.45) is 0.290. The summed E-state index contributed by atoms with van der Waals surface area (Å²) in [7, 11) is 0. The summed E-state index contributed by atoms with van der Waals surface area (Å²) < 4.78 is 5.68. The average molecular weight is 355 g/mol. The van der Waals surface area contributed by atoms with Gasteiger partial charge in [0, 0.05) is 6.54 Å². The number of carbonyl (C=O) groups excluding carboxylic acids is 1. The zero-order valence-electron chi connectivity index (χ0n) is 15.4. The standard InChI is InChI=1S/C21H25NO4/c1-4-21(20(24)25,16-10-6-5-7-11-16)14-22-19(23)17-12-8-9-13-18(17)26-15(2)3/h5-13,15H,4,14H2,1-3H3,(H,22,23)(H,24,25). The fourth-order valence-corrected chi connectivity index (χ4v) is 2.88. The van der Waals surface area contributed by atoms with Gasteiger partial charge in [-0.05, 0) is 38.0 Å². The minimum absolute atomic E-state index is 0.00229. The quantitative estimate of drug-likeness (QED) is 0.758. The van der Waals surface area contributed by atoms with Crippen LogP contribution in [-0.2, 0) is 10.2 Å². The number of hydrogen-bond donors (Lipinski definition) is 2. The maximum Gasteiger partial charge on any atom is 0.315 e. The normalized spacial score (nSPS) is 13.1. The lowest BCUT2D eigenvalue weighted by molar-refractivity contribution is -0.143. The van der Waals surface area contributed by atoms with E-state index in [9.17, 15) is 14.7 Å². The van der Waals surface area contributed by atoms with Gasteiger partial charge in [0.05, 0.1) is 11.7 Å². The Morgan fingerprint density at radius 2 is 1.69 bits per heavy atom. The molecule has 138 valence electrons. The first kappa shape index (κ1) is 19.5. The number of rotatable bonds is 8. The molecule has 0 spiro atoms. The Morgan fingerprint density at radius 3 is 2.27 bits per heavy atom. The van der Waals surface area contributed by atoms with E-state index < -0.39 is 11.4 Å². The van der Waals surface area contributed by atoms with Crippen LogP contribution >= 0.6 is 0 Å². The second-order valence-corrected chi connectivity index (χ2v) is 6.45. The minimum atomic E-state index is -1.18. The fourth-order valence-electron chi connectivity index (χ4n) is 2.88. The van der Waals surface area contributed by atoms with Gasteiger partial charge in [-0.1, -0.05) is 49.4 Å². The highest BCUT2D eigenvalue weighted by atomic mass is 16.5. The summed E-state index contributed by atoms with van der Waals surface area (Å²) in [4.78, 5) is 24.7. The minimum Gasteiger partial charge on any atom is -0.490 e. The molecule has 0 aliphatic rings. The third kappa shape index (κ3) is 4.23. The molecule has 1 unspecified atom stereocenters. The Balaban J connectivity index is 2.25. The highest BCUT2D eigenvalue weighted by Gasteiger charge is 2.39. The lowest BCUT2D eigenvalue weighted by Gasteiger charge is -2.29. The molecule has 0 bridgehead atoms. The van der Waals surface area contributed by atoms with Gasteiger partial charge in [-0.15, -0.1) is 0 Å². The van der Waals surface area contributed by atoms with Crippen LogP contribution in [0.1, 0.15) is 43.1 Å². The Bertz CT molecular complexity index is 758. The largest absolute Gasteiger partial charge is 0.490 e. The molecule has 2 rings (SSSR count). The van der Waals surface area contributed by atoms with Crippen LogP contribution in [0.4, 0.5) is 0 Å². The second kappa shape index (κ2) is 8.52. The smallest absolute Gasteiger partial charge is 0.315 e. The highest BCUT2D eigenvalue weighted by molar-refractivity contribution is 5.97. The summed E-state index contributed by atoms with van der Waals surface area (Å²) in [6, 6.07) is 15.9. The van der Waals surface area contributed by atoms with Crippen LogP contribution in [0.5, 0.6) is 5.75 Å². The van der Waals surface area contributed by atoms with Crippen LogP contribution in [0.25, 0.3) is 0 Å². The topological polar surface area (TPSA) is 75.6 Å². The van der Waals surface area contributed by atoms with E-state index in [-0.39, 0.29) is 18.6 Å². The van der Waals surface area contributed by atoms with E-state index in [1.807, 2.05) is 26.8 Å². The number of ether oxygens (including phenoxy) is 1. The number of carboxylic acid groups (broad SMARTS) is 1. The average Bonchev–Trinajstić information content (AvgIpc) is 2.63. The summed E-state index contributed by atoms with van der Waals surface area (Å²) in [5, 5.41) is 12.6. The maximum atomic E-state index is 12.7.